The molecule has 5 nitrogen and oxygen atoms in total. The van der Waals surface area contributed by atoms with E-state index in [9.17, 15) is 9.90 Å². The van der Waals surface area contributed by atoms with E-state index < -0.39 is 5.97 Å². The van der Waals surface area contributed by atoms with Crippen molar-refractivity contribution >= 4 is 34.5 Å². The van der Waals surface area contributed by atoms with E-state index >= 15 is 0 Å². The molecule has 0 spiro atoms. The molecule has 0 unspecified atom stereocenters. The molecule has 0 saturated carbocycles. The van der Waals surface area contributed by atoms with Gasteiger partial charge >= 0.3 is 5.97 Å². The number of para-hydroxylation sites is 1. The Morgan fingerprint density at radius 3 is 2.61 bits per heavy atom. The predicted octanol–water partition coefficient (Wildman–Crippen LogP) is 5.20. The van der Waals surface area contributed by atoms with Gasteiger partial charge in [0.1, 0.15) is 22.1 Å². The zero-order chi connectivity index (χ0) is 20.1. The number of hydrogen-bond donors (Lipinski definition) is 1. The second-order valence-corrected chi connectivity index (χ2v) is 7.06. The van der Waals surface area contributed by atoms with Crippen LogP contribution >= 0.6 is 11.8 Å². The molecular weight excluding hydrogens is 374 g/mol. The van der Waals surface area contributed by atoms with Gasteiger partial charge in [0.2, 0.25) is 0 Å². The number of aliphatic hydroxyl groups excluding tert-OH is 1. The minimum absolute atomic E-state index is 0.0908. The number of rotatable bonds is 5. The first kappa shape index (κ1) is 19.8. The summed E-state index contributed by atoms with van der Waals surface area (Å²) in [5.41, 5.74) is 2.69. The first-order valence-electron chi connectivity index (χ1n) is 8.82. The highest BCUT2D eigenvalue weighted by atomic mass is 32.2. The van der Waals surface area contributed by atoms with Gasteiger partial charge in [-0.3, -0.25) is 0 Å². The Balaban J connectivity index is 2.04. The molecule has 0 aromatic heterocycles. The Morgan fingerprint density at radius 2 is 1.96 bits per heavy atom. The lowest BCUT2D eigenvalue weighted by Crippen LogP contribution is -2.12. The monoisotopic (exact) mass is 395 g/mol. The van der Waals surface area contributed by atoms with Crippen molar-refractivity contribution in [1.29, 1.82) is 0 Å². The van der Waals surface area contributed by atoms with Gasteiger partial charge in [-0.25, -0.2) is 9.79 Å². The van der Waals surface area contributed by atoms with Crippen molar-refractivity contribution in [1.82, 2.24) is 0 Å². The SMILES string of the molecule is CCOC(=O)C1=C(O)/C(=C/c2ccc(OC)cc2C)SC1=Nc1ccccc1. The van der Waals surface area contributed by atoms with E-state index in [0.29, 0.717) is 15.6 Å². The molecule has 0 radical (unpaired) electrons. The van der Waals surface area contributed by atoms with Gasteiger partial charge in [-0.1, -0.05) is 36.0 Å². The molecule has 0 aliphatic carbocycles. The van der Waals surface area contributed by atoms with Gasteiger partial charge in [0, 0.05) is 0 Å². The summed E-state index contributed by atoms with van der Waals surface area (Å²) in [5.74, 6) is 0.0578. The summed E-state index contributed by atoms with van der Waals surface area (Å²) < 4.78 is 10.4. The van der Waals surface area contributed by atoms with Gasteiger partial charge in [0.15, 0.2) is 0 Å². The Labute approximate surface area is 168 Å². The van der Waals surface area contributed by atoms with Gasteiger partial charge in [-0.05, 0) is 55.3 Å². The lowest BCUT2D eigenvalue weighted by molar-refractivity contribution is -0.138. The number of methoxy groups -OCH3 is 1. The minimum Gasteiger partial charge on any atom is -0.506 e. The quantitative estimate of drug-likeness (QED) is 0.705. The number of aliphatic imine (C=N–C) groups is 1. The van der Waals surface area contributed by atoms with Crippen LogP contribution in [0.4, 0.5) is 5.69 Å². The van der Waals surface area contributed by atoms with Crippen LogP contribution in [0.3, 0.4) is 0 Å². The van der Waals surface area contributed by atoms with Crippen molar-refractivity contribution in [3.05, 3.63) is 75.9 Å². The van der Waals surface area contributed by atoms with E-state index in [0.717, 1.165) is 16.9 Å². The molecule has 1 aliphatic rings. The van der Waals surface area contributed by atoms with Gasteiger partial charge in [0.25, 0.3) is 0 Å². The number of nitrogens with zero attached hydrogens (tertiary/aromatic N) is 1. The molecule has 0 fully saturated rings. The maximum atomic E-state index is 12.4. The van der Waals surface area contributed by atoms with Crippen LogP contribution in [0.5, 0.6) is 5.75 Å². The summed E-state index contributed by atoms with van der Waals surface area (Å²) in [6, 6.07) is 15.0. The van der Waals surface area contributed by atoms with E-state index in [1.807, 2.05) is 61.5 Å². The summed E-state index contributed by atoms with van der Waals surface area (Å²) in [6.45, 7) is 3.90. The molecule has 144 valence electrons. The topological polar surface area (TPSA) is 68.1 Å². The number of hydrogen-bond acceptors (Lipinski definition) is 6. The third-order valence-electron chi connectivity index (χ3n) is 4.12. The second-order valence-electron chi connectivity index (χ2n) is 6.03. The molecule has 28 heavy (non-hydrogen) atoms. The van der Waals surface area contributed by atoms with E-state index in [2.05, 4.69) is 4.99 Å². The summed E-state index contributed by atoms with van der Waals surface area (Å²) >= 11 is 1.24. The van der Waals surface area contributed by atoms with Crippen molar-refractivity contribution in [2.24, 2.45) is 4.99 Å². The first-order valence-corrected chi connectivity index (χ1v) is 9.64. The summed E-state index contributed by atoms with van der Waals surface area (Å²) in [5, 5.41) is 11.1. The predicted molar refractivity (Wildman–Crippen MR) is 113 cm³/mol. The van der Waals surface area contributed by atoms with Gasteiger partial charge in [-0.2, -0.15) is 0 Å². The Morgan fingerprint density at radius 1 is 1.21 bits per heavy atom. The van der Waals surface area contributed by atoms with Gasteiger partial charge < -0.3 is 14.6 Å². The Bertz CT molecular complexity index is 977. The number of aliphatic hydroxyl groups is 1. The van der Waals surface area contributed by atoms with Crippen molar-refractivity contribution in [2.75, 3.05) is 13.7 Å². The van der Waals surface area contributed by atoms with Crippen LogP contribution < -0.4 is 4.74 Å². The molecule has 6 heteroatoms. The third kappa shape index (κ3) is 4.28. The number of thioether (sulfide) groups is 1. The fourth-order valence-electron chi connectivity index (χ4n) is 2.69. The van der Waals surface area contributed by atoms with E-state index in [1.54, 1.807) is 14.0 Å². The van der Waals surface area contributed by atoms with E-state index in [4.69, 9.17) is 9.47 Å². The van der Waals surface area contributed by atoms with Crippen LogP contribution in [0, 0.1) is 6.92 Å². The number of ether oxygens (including phenoxy) is 2. The Kier molecular flexibility index (Phi) is 6.21. The highest BCUT2D eigenvalue weighted by molar-refractivity contribution is 8.18. The fraction of sp³-hybridized carbons (Fsp3) is 0.182. The fourth-order valence-corrected chi connectivity index (χ4v) is 3.72. The van der Waals surface area contributed by atoms with Gasteiger partial charge in [-0.15, -0.1) is 0 Å². The summed E-state index contributed by atoms with van der Waals surface area (Å²) in [6.07, 6.45) is 1.83. The van der Waals surface area contributed by atoms with Crippen LogP contribution in [0.15, 0.2) is 69.8 Å². The van der Waals surface area contributed by atoms with Crippen LogP contribution in [0.1, 0.15) is 18.1 Å². The van der Waals surface area contributed by atoms with Crippen LogP contribution in [0.2, 0.25) is 0 Å². The molecular formula is C22H21NO4S. The number of esters is 1. The number of carbonyl (C=O) groups excluding carboxylic acids is 1. The zero-order valence-corrected chi connectivity index (χ0v) is 16.7. The highest BCUT2D eigenvalue weighted by Crippen LogP contribution is 2.40. The average molecular weight is 395 g/mol. The largest absolute Gasteiger partial charge is 0.506 e. The maximum absolute atomic E-state index is 12.4. The summed E-state index contributed by atoms with van der Waals surface area (Å²) in [7, 11) is 1.62. The minimum atomic E-state index is -0.586. The first-order chi connectivity index (χ1) is 13.5. The van der Waals surface area contributed by atoms with Crippen molar-refractivity contribution in [3.8, 4) is 5.75 Å². The molecule has 0 amide bonds. The molecule has 2 aromatic rings. The molecule has 1 heterocycles. The van der Waals surface area contributed by atoms with Gasteiger partial charge in [0.05, 0.1) is 24.3 Å². The smallest absolute Gasteiger partial charge is 0.344 e. The Hall–Kier alpha value is -2.99. The average Bonchev–Trinajstić information content (AvgIpc) is 2.99. The molecule has 2 aromatic carbocycles. The number of carbonyl (C=O) groups is 1. The van der Waals surface area contributed by atoms with Crippen LogP contribution in [0.25, 0.3) is 6.08 Å². The molecule has 1 aliphatic heterocycles. The lowest BCUT2D eigenvalue weighted by Gasteiger charge is -2.05. The molecule has 0 atom stereocenters. The summed E-state index contributed by atoms with van der Waals surface area (Å²) in [4.78, 5) is 17.5. The number of benzene rings is 2. The zero-order valence-electron chi connectivity index (χ0n) is 15.9. The van der Waals surface area contributed by atoms with E-state index in [1.165, 1.54) is 11.8 Å². The third-order valence-corrected chi connectivity index (χ3v) is 5.14. The van der Waals surface area contributed by atoms with Crippen LogP contribution in [-0.4, -0.2) is 29.8 Å². The van der Waals surface area contributed by atoms with E-state index in [-0.39, 0.29) is 17.9 Å². The molecule has 0 bridgehead atoms. The van der Waals surface area contributed by atoms with Crippen molar-refractivity contribution in [3.63, 3.8) is 0 Å². The standard InChI is InChI=1S/C22H21NO4S/c1-4-27-22(25)19-20(24)18(13-15-10-11-17(26-3)12-14(15)2)28-21(19)23-16-8-6-5-7-9-16/h5-13,24H,4H2,1-3H3/b18-13-,23-21?. The maximum Gasteiger partial charge on any atom is 0.344 e. The number of aryl methyl sites for hydroxylation is 1. The molecule has 1 N–H and O–H groups in total. The van der Waals surface area contributed by atoms with Crippen molar-refractivity contribution < 1.29 is 19.4 Å². The van der Waals surface area contributed by atoms with Crippen molar-refractivity contribution in [2.45, 2.75) is 13.8 Å². The van der Waals surface area contributed by atoms with Crippen LogP contribution in [-0.2, 0) is 9.53 Å². The normalized spacial score (nSPS) is 16.7. The highest BCUT2D eigenvalue weighted by Gasteiger charge is 2.33. The second kappa shape index (κ2) is 8.80. The molecule has 0 saturated heterocycles. The molecule has 3 rings (SSSR count). The lowest BCUT2D eigenvalue weighted by atomic mass is 10.1.